The molecular formula is C24H26N4O2. The Bertz CT molecular complexity index is 945. The van der Waals surface area contributed by atoms with E-state index in [2.05, 4.69) is 9.88 Å². The van der Waals surface area contributed by atoms with Gasteiger partial charge in [-0.1, -0.05) is 30.3 Å². The topological polar surface area (TPSA) is 50.6 Å². The molecule has 3 aromatic rings. The smallest absolute Gasteiger partial charge is 0.246 e. The number of carbonyl (C=O) groups is 1. The molecule has 1 aliphatic heterocycles. The van der Waals surface area contributed by atoms with Crippen molar-refractivity contribution in [2.45, 2.75) is 0 Å². The van der Waals surface area contributed by atoms with Gasteiger partial charge in [0, 0.05) is 56.9 Å². The molecule has 0 aliphatic carbocycles. The molecule has 2 aromatic carbocycles. The fourth-order valence-corrected chi connectivity index (χ4v) is 3.44. The van der Waals surface area contributed by atoms with Crippen molar-refractivity contribution in [3.63, 3.8) is 0 Å². The van der Waals surface area contributed by atoms with Crippen LogP contribution in [-0.4, -0.2) is 64.6 Å². The van der Waals surface area contributed by atoms with Crippen molar-refractivity contribution >= 4 is 12.0 Å². The Kier molecular flexibility index (Phi) is 6.57. The molecule has 154 valence electrons. The normalized spacial score (nSPS) is 14.9. The number of carbonyl (C=O) groups excluding carboxylic acids is 1. The number of imidazole rings is 1. The summed E-state index contributed by atoms with van der Waals surface area (Å²) >= 11 is 0. The average Bonchev–Trinajstić information content (AvgIpc) is 3.34. The minimum Gasteiger partial charge on any atom is -0.492 e. The maximum Gasteiger partial charge on any atom is 0.246 e. The molecule has 0 spiro atoms. The second kappa shape index (κ2) is 9.89. The zero-order valence-corrected chi connectivity index (χ0v) is 16.9. The molecule has 6 heteroatoms. The molecule has 30 heavy (non-hydrogen) atoms. The van der Waals surface area contributed by atoms with Crippen molar-refractivity contribution in [1.29, 1.82) is 0 Å². The Morgan fingerprint density at radius 1 is 1.00 bits per heavy atom. The van der Waals surface area contributed by atoms with Crippen molar-refractivity contribution in [3.05, 3.63) is 85.0 Å². The van der Waals surface area contributed by atoms with Gasteiger partial charge >= 0.3 is 0 Å². The highest BCUT2D eigenvalue weighted by atomic mass is 16.5. The van der Waals surface area contributed by atoms with Gasteiger partial charge in [-0.25, -0.2) is 4.98 Å². The first-order chi connectivity index (χ1) is 14.8. The molecule has 1 aliphatic rings. The van der Waals surface area contributed by atoms with E-state index in [0.29, 0.717) is 6.61 Å². The zero-order valence-electron chi connectivity index (χ0n) is 16.9. The second-order valence-electron chi connectivity index (χ2n) is 7.22. The van der Waals surface area contributed by atoms with E-state index >= 15 is 0 Å². The van der Waals surface area contributed by atoms with Gasteiger partial charge in [0.2, 0.25) is 5.91 Å². The highest BCUT2D eigenvalue weighted by Crippen LogP contribution is 2.12. The lowest BCUT2D eigenvalue weighted by molar-refractivity contribution is -0.127. The van der Waals surface area contributed by atoms with Crippen LogP contribution in [0.4, 0.5) is 0 Å². The molecule has 0 N–H and O–H groups in total. The first-order valence-corrected chi connectivity index (χ1v) is 10.2. The minimum absolute atomic E-state index is 0.0638. The Labute approximate surface area is 177 Å². The van der Waals surface area contributed by atoms with Gasteiger partial charge in [-0.15, -0.1) is 0 Å². The predicted molar refractivity (Wildman–Crippen MR) is 118 cm³/mol. The first kappa shape index (κ1) is 19.9. The van der Waals surface area contributed by atoms with Crippen molar-refractivity contribution in [2.24, 2.45) is 0 Å². The lowest BCUT2D eigenvalue weighted by Crippen LogP contribution is -2.49. The number of hydrogen-bond acceptors (Lipinski definition) is 4. The number of aromatic nitrogens is 2. The molecule has 0 radical (unpaired) electrons. The summed E-state index contributed by atoms with van der Waals surface area (Å²) in [5.41, 5.74) is 2.05. The molecule has 0 atom stereocenters. The SMILES string of the molecule is O=C(/C=C/c1ccc(-n2ccnc2)cc1)N1CCN(CCOc2ccccc2)CC1. The fourth-order valence-electron chi connectivity index (χ4n) is 3.44. The summed E-state index contributed by atoms with van der Waals surface area (Å²) in [6, 6.07) is 17.9. The van der Waals surface area contributed by atoms with E-state index in [1.54, 1.807) is 18.6 Å². The third-order valence-corrected chi connectivity index (χ3v) is 5.22. The van der Waals surface area contributed by atoms with Crippen LogP contribution in [0.2, 0.25) is 0 Å². The summed E-state index contributed by atoms with van der Waals surface area (Å²) in [4.78, 5) is 20.8. The Hall–Kier alpha value is -3.38. The maximum absolute atomic E-state index is 12.5. The largest absolute Gasteiger partial charge is 0.492 e. The van der Waals surface area contributed by atoms with Gasteiger partial charge in [-0.2, -0.15) is 0 Å². The average molecular weight is 402 g/mol. The standard InChI is InChI=1S/C24H26N4O2/c29-24(11-8-21-6-9-22(10-7-21)28-13-12-25-20-28)27-16-14-26(15-17-27)18-19-30-23-4-2-1-3-5-23/h1-13,20H,14-19H2/b11-8+. The number of rotatable bonds is 7. The third kappa shape index (κ3) is 5.36. The van der Waals surface area contributed by atoms with Crippen LogP contribution in [0.25, 0.3) is 11.8 Å². The summed E-state index contributed by atoms with van der Waals surface area (Å²) in [6.45, 7) is 4.76. The summed E-state index contributed by atoms with van der Waals surface area (Å²) in [5, 5.41) is 0. The van der Waals surface area contributed by atoms with Crippen LogP contribution in [0.15, 0.2) is 79.4 Å². The molecule has 1 saturated heterocycles. The van der Waals surface area contributed by atoms with Crippen LogP contribution < -0.4 is 4.74 Å². The monoisotopic (exact) mass is 402 g/mol. The Morgan fingerprint density at radius 2 is 1.77 bits per heavy atom. The highest BCUT2D eigenvalue weighted by molar-refractivity contribution is 5.91. The van der Waals surface area contributed by atoms with E-state index in [9.17, 15) is 4.79 Å². The van der Waals surface area contributed by atoms with Crippen LogP contribution in [0.3, 0.4) is 0 Å². The van der Waals surface area contributed by atoms with Crippen molar-refractivity contribution in [3.8, 4) is 11.4 Å². The molecule has 0 saturated carbocycles. The van der Waals surface area contributed by atoms with Gasteiger partial charge in [0.15, 0.2) is 0 Å². The zero-order chi connectivity index (χ0) is 20.6. The van der Waals surface area contributed by atoms with E-state index in [1.807, 2.05) is 76.3 Å². The van der Waals surface area contributed by atoms with Gasteiger partial charge in [-0.05, 0) is 35.9 Å². The summed E-state index contributed by atoms with van der Waals surface area (Å²) in [5.74, 6) is 0.961. The number of para-hydroxylation sites is 1. The lowest BCUT2D eigenvalue weighted by Gasteiger charge is -2.34. The molecule has 0 unspecified atom stereocenters. The lowest BCUT2D eigenvalue weighted by atomic mass is 10.2. The molecule has 0 bridgehead atoms. The number of ether oxygens (including phenoxy) is 1. The molecule has 2 heterocycles. The molecule has 1 amide bonds. The van der Waals surface area contributed by atoms with E-state index in [-0.39, 0.29) is 5.91 Å². The van der Waals surface area contributed by atoms with Gasteiger partial charge < -0.3 is 14.2 Å². The number of nitrogens with zero attached hydrogens (tertiary/aromatic N) is 4. The van der Waals surface area contributed by atoms with E-state index < -0.39 is 0 Å². The number of hydrogen-bond donors (Lipinski definition) is 0. The quantitative estimate of drug-likeness (QED) is 0.570. The van der Waals surface area contributed by atoms with Gasteiger partial charge in [-0.3, -0.25) is 9.69 Å². The second-order valence-corrected chi connectivity index (χ2v) is 7.22. The maximum atomic E-state index is 12.5. The Balaban J connectivity index is 1.20. The van der Waals surface area contributed by atoms with E-state index in [1.165, 1.54) is 0 Å². The van der Waals surface area contributed by atoms with Crippen molar-refractivity contribution in [1.82, 2.24) is 19.4 Å². The predicted octanol–water partition coefficient (Wildman–Crippen LogP) is 3.11. The molecular weight excluding hydrogens is 376 g/mol. The third-order valence-electron chi connectivity index (χ3n) is 5.22. The van der Waals surface area contributed by atoms with Gasteiger partial charge in [0.05, 0.1) is 6.33 Å². The fraction of sp³-hybridized carbons (Fsp3) is 0.250. The molecule has 1 aromatic heterocycles. The van der Waals surface area contributed by atoms with Gasteiger partial charge in [0.1, 0.15) is 12.4 Å². The number of piperazine rings is 1. The van der Waals surface area contributed by atoms with E-state index in [0.717, 1.165) is 49.7 Å². The van der Waals surface area contributed by atoms with Crippen molar-refractivity contribution < 1.29 is 9.53 Å². The van der Waals surface area contributed by atoms with Gasteiger partial charge in [0.25, 0.3) is 0 Å². The molecule has 1 fully saturated rings. The van der Waals surface area contributed by atoms with Crippen LogP contribution >= 0.6 is 0 Å². The van der Waals surface area contributed by atoms with Crippen LogP contribution in [0.1, 0.15) is 5.56 Å². The summed E-state index contributed by atoms with van der Waals surface area (Å²) in [6.07, 6.45) is 8.96. The van der Waals surface area contributed by atoms with E-state index in [4.69, 9.17) is 4.74 Å². The molecule has 6 nitrogen and oxygen atoms in total. The Morgan fingerprint density at radius 3 is 2.47 bits per heavy atom. The van der Waals surface area contributed by atoms with Crippen LogP contribution in [0, 0.1) is 0 Å². The van der Waals surface area contributed by atoms with Crippen LogP contribution in [-0.2, 0) is 4.79 Å². The number of amides is 1. The van der Waals surface area contributed by atoms with Crippen LogP contribution in [0.5, 0.6) is 5.75 Å². The highest BCUT2D eigenvalue weighted by Gasteiger charge is 2.19. The number of benzene rings is 2. The molecule has 4 rings (SSSR count). The summed E-state index contributed by atoms with van der Waals surface area (Å²) in [7, 11) is 0. The first-order valence-electron chi connectivity index (χ1n) is 10.2. The summed E-state index contributed by atoms with van der Waals surface area (Å²) < 4.78 is 7.71. The van der Waals surface area contributed by atoms with Crippen molar-refractivity contribution in [2.75, 3.05) is 39.3 Å². The minimum atomic E-state index is 0.0638.